The van der Waals surface area contributed by atoms with Crippen molar-refractivity contribution >= 4 is 22.6 Å². The number of anilines is 1. The molecule has 4 heteroatoms. The minimum absolute atomic E-state index is 0.140. The van der Waals surface area contributed by atoms with Crippen LogP contribution in [0.2, 0.25) is 0 Å². The number of benzene rings is 2. The number of aryl methyl sites for hydroxylation is 1. The van der Waals surface area contributed by atoms with Gasteiger partial charge in [-0.25, -0.2) is 0 Å². The predicted octanol–water partition coefficient (Wildman–Crippen LogP) is 3.31. The summed E-state index contributed by atoms with van der Waals surface area (Å²) in [6.07, 6.45) is 1.36. The largest absolute Gasteiger partial charge is 0.356 e. The molecule has 1 aliphatic rings. The van der Waals surface area contributed by atoms with Crippen LogP contribution >= 0.6 is 0 Å². The lowest BCUT2D eigenvalue weighted by molar-refractivity contribution is -0.119. The second-order valence-corrected chi connectivity index (χ2v) is 5.23. The molecule has 0 fully saturated rings. The molecule has 0 unspecified atom stereocenters. The van der Waals surface area contributed by atoms with Gasteiger partial charge < -0.3 is 9.42 Å². The van der Waals surface area contributed by atoms with E-state index < -0.39 is 0 Å². The van der Waals surface area contributed by atoms with Gasteiger partial charge in [-0.1, -0.05) is 35.5 Å². The van der Waals surface area contributed by atoms with Gasteiger partial charge in [0.05, 0.1) is 6.54 Å². The molecule has 0 radical (unpaired) electrons. The molecule has 4 rings (SSSR count). The van der Waals surface area contributed by atoms with Gasteiger partial charge in [-0.05, 0) is 30.2 Å². The molecule has 21 heavy (non-hydrogen) atoms. The van der Waals surface area contributed by atoms with Gasteiger partial charge in [0.15, 0.2) is 5.58 Å². The maximum atomic E-state index is 12.3. The first-order valence-electron chi connectivity index (χ1n) is 7.04. The lowest BCUT2D eigenvalue weighted by Crippen LogP contribution is -2.34. The number of carbonyl (C=O) groups excluding carboxylic acids is 1. The minimum Gasteiger partial charge on any atom is -0.356 e. The minimum atomic E-state index is 0.140. The summed E-state index contributed by atoms with van der Waals surface area (Å²) in [6.45, 7) is 0.451. The zero-order valence-electron chi connectivity index (χ0n) is 11.5. The fourth-order valence-corrected chi connectivity index (χ4v) is 2.87. The average Bonchev–Trinajstić information content (AvgIpc) is 2.93. The Bertz CT molecular complexity index is 822. The monoisotopic (exact) mass is 278 g/mol. The molecule has 0 saturated carbocycles. The Morgan fingerprint density at radius 3 is 2.81 bits per heavy atom. The van der Waals surface area contributed by atoms with Crippen molar-refractivity contribution in [3.05, 3.63) is 59.8 Å². The topological polar surface area (TPSA) is 46.3 Å². The van der Waals surface area contributed by atoms with Crippen LogP contribution < -0.4 is 4.90 Å². The van der Waals surface area contributed by atoms with Crippen LogP contribution in [0.5, 0.6) is 0 Å². The molecule has 1 aliphatic heterocycles. The number of hydrogen-bond acceptors (Lipinski definition) is 3. The fraction of sp³-hybridized carbons (Fsp3) is 0.176. The molecule has 3 aromatic rings. The summed E-state index contributed by atoms with van der Waals surface area (Å²) in [5.74, 6) is 0.140. The third-order valence-electron chi connectivity index (χ3n) is 3.95. The standard InChI is InChI=1S/C17H14N2O2/c20-17-10-9-12-5-1-3-7-15(12)19(17)11-14-13-6-2-4-8-16(13)21-18-14/h1-8H,9-11H2. The van der Waals surface area contributed by atoms with Crippen molar-refractivity contribution in [2.45, 2.75) is 19.4 Å². The van der Waals surface area contributed by atoms with E-state index in [1.54, 1.807) is 0 Å². The molecule has 0 atom stereocenters. The summed E-state index contributed by atoms with van der Waals surface area (Å²) >= 11 is 0. The number of para-hydroxylation sites is 2. The highest BCUT2D eigenvalue weighted by Gasteiger charge is 2.25. The van der Waals surface area contributed by atoms with Gasteiger partial charge in [0.25, 0.3) is 0 Å². The van der Waals surface area contributed by atoms with E-state index in [4.69, 9.17) is 4.52 Å². The zero-order valence-corrected chi connectivity index (χ0v) is 11.5. The van der Waals surface area contributed by atoms with E-state index in [0.29, 0.717) is 13.0 Å². The van der Waals surface area contributed by atoms with Gasteiger partial charge in [0.1, 0.15) is 5.69 Å². The molecule has 0 aliphatic carbocycles. The summed E-state index contributed by atoms with van der Waals surface area (Å²) in [7, 11) is 0. The predicted molar refractivity (Wildman–Crippen MR) is 80.0 cm³/mol. The Morgan fingerprint density at radius 2 is 1.86 bits per heavy atom. The fourth-order valence-electron chi connectivity index (χ4n) is 2.87. The SMILES string of the molecule is O=C1CCc2ccccc2N1Cc1noc2ccccc12. The normalized spacial score (nSPS) is 14.5. The Morgan fingerprint density at radius 1 is 1.05 bits per heavy atom. The number of carbonyl (C=O) groups is 1. The molecule has 2 aromatic carbocycles. The van der Waals surface area contributed by atoms with Crippen molar-refractivity contribution < 1.29 is 9.32 Å². The van der Waals surface area contributed by atoms with E-state index in [1.165, 1.54) is 5.56 Å². The van der Waals surface area contributed by atoms with Gasteiger partial charge >= 0.3 is 0 Å². The quantitative estimate of drug-likeness (QED) is 0.722. The van der Waals surface area contributed by atoms with E-state index >= 15 is 0 Å². The molecule has 2 heterocycles. The number of rotatable bonds is 2. The van der Waals surface area contributed by atoms with Crippen molar-refractivity contribution in [3.8, 4) is 0 Å². The first kappa shape index (κ1) is 12.1. The summed E-state index contributed by atoms with van der Waals surface area (Å²) in [6, 6.07) is 15.8. The van der Waals surface area contributed by atoms with Gasteiger partial charge in [0.2, 0.25) is 5.91 Å². The maximum absolute atomic E-state index is 12.3. The van der Waals surface area contributed by atoms with Crippen LogP contribution in [0.3, 0.4) is 0 Å². The molecule has 0 saturated heterocycles. The molecular formula is C17H14N2O2. The highest BCUT2D eigenvalue weighted by molar-refractivity contribution is 5.96. The number of fused-ring (bicyclic) bond motifs is 2. The van der Waals surface area contributed by atoms with E-state index in [0.717, 1.165) is 28.8 Å². The van der Waals surface area contributed by atoms with Gasteiger partial charge in [0, 0.05) is 17.5 Å². The Balaban J connectivity index is 1.75. The van der Waals surface area contributed by atoms with Crippen molar-refractivity contribution in [1.82, 2.24) is 5.16 Å². The number of hydrogen-bond donors (Lipinski definition) is 0. The molecule has 0 bridgehead atoms. The van der Waals surface area contributed by atoms with Crippen molar-refractivity contribution in [2.75, 3.05) is 4.90 Å². The third kappa shape index (κ3) is 2.00. The van der Waals surface area contributed by atoms with Crippen LogP contribution in [0.15, 0.2) is 53.1 Å². The Kier molecular flexibility index (Phi) is 2.74. The van der Waals surface area contributed by atoms with E-state index in [-0.39, 0.29) is 5.91 Å². The van der Waals surface area contributed by atoms with Crippen LogP contribution in [0.4, 0.5) is 5.69 Å². The smallest absolute Gasteiger partial charge is 0.227 e. The summed E-state index contributed by atoms with van der Waals surface area (Å²) in [4.78, 5) is 14.1. The Labute approximate surface area is 122 Å². The maximum Gasteiger partial charge on any atom is 0.227 e. The summed E-state index contributed by atoms with van der Waals surface area (Å²) in [5, 5.41) is 5.09. The molecule has 104 valence electrons. The lowest BCUT2D eigenvalue weighted by Gasteiger charge is -2.28. The number of amides is 1. The summed E-state index contributed by atoms with van der Waals surface area (Å²) < 4.78 is 5.33. The van der Waals surface area contributed by atoms with Crippen molar-refractivity contribution in [2.24, 2.45) is 0 Å². The highest BCUT2D eigenvalue weighted by Crippen LogP contribution is 2.30. The first-order valence-corrected chi connectivity index (χ1v) is 7.04. The Hall–Kier alpha value is -2.62. The zero-order chi connectivity index (χ0) is 14.2. The molecule has 1 aromatic heterocycles. The highest BCUT2D eigenvalue weighted by atomic mass is 16.5. The van der Waals surface area contributed by atoms with Crippen LogP contribution in [-0.4, -0.2) is 11.1 Å². The van der Waals surface area contributed by atoms with Gasteiger partial charge in [-0.3, -0.25) is 4.79 Å². The van der Waals surface area contributed by atoms with Crippen LogP contribution in [0.25, 0.3) is 11.0 Å². The number of nitrogens with zero attached hydrogens (tertiary/aromatic N) is 2. The van der Waals surface area contributed by atoms with E-state index in [2.05, 4.69) is 11.2 Å². The van der Waals surface area contributed by atoms with E-state index in [9.17, 15) is 4.79 Å². The average molecular weight is 278 g/mol. The van der Waals surface area contributed by atoms with E-state index in [1.807, 2.05) is 47.4 Å². The van der Waals surface area contributed by atoms with Gasteiger partial charge in [-0.2, -0.15) is 0 Å². The van der Waals surface area contributed by atoms with Crippen molar-refractivity contribution in [3.63, 3.8) is 0 Å². The lowest BCUT2D eigenvalue weighted by atomic mass is 10.0. The van der Waals surface area contributed by atoms with Crippen LogP contribution in [-0.2, 0) is 17.8 Å². The molecule has 0 N–H and O–H groups in total. The third-order valence-corrected chi connectivity index (χ3v) is 3.95. The molecule has 1 amide bonds. The molecule has 4 nitrogen and oxygen atoms in total. The van der Waals surface area contributed by atoms with Crippen molar-refractivity contribution in [1.29, 1.82) is 0 Å². The molecular weight excluding hydrogens is 264 g/mol. The first-order chi connectivity index (χ1) is 10.3. The second kappa shape index (κ2) is 4.74. The molecule has 0 spiro atoms. The van der Waals surface area contributed by atoms with Crippen LogP contribution in [0.1, 0.15) is 17.7 Å². The van der Waals surface area contributed by atoms with Crippen LogP contribution in [0, 0.1) is 0 Å². The van der Waals surface area contributed by atoms with Gasteiger partial charge in [-0.15, -0.1) is 0 Å². The summed E-state index contributed by atoms with van der Waals surface area (Å²) in [5.41, 5.74) is 3.76. The number of aromatic nitrogens is 1. The second-order valence-electron chi connectivity index (χ2n) is 5.23.